The minimum atomic E-state index is 0.126. The summed E-state index contributed by atoms with van der Waals surface area (Å²) < 4.78 is 1.92. The lowest BCUT2D eigenvalue weighted by molar-refractivity contribution is 0.251. The molecule has 0 amide bonds. The van der Waals surface area contributed by atoms with Crippen LogP contribution in [-0.2, 0) is 6.54 Å². The van der Waals surface area contributed by atoms with Gasteiger partial charge in [0.2, 0.25) is 0 Å². The van der Waals surface area contributed by atoms with Gasteiger partial charge in [-0.05, 0) is 41.3 Å². The van der Waals surface area contributed by atoms with Crippen molar-refractivity contribution < 1.29 is 0 Å². The Hall–Kier alpha value is -2.70. The number of hydrogen-bond donors (Lipinski definition) is 0. The van der Waals surface area contributed by atoms with Crippen molar-refractivity contribution in [2.75, 3.05) is 31.1 Å². The molecule has 1 aliphatic carbocycles. The first-order chi connectivity index (χ1) is 16.3. The molecule has 0 radical (unpaired) electrons. The smallest absolute Gasteiger partial charge is 0.261 e. The number of piperazine rings is 1. The van der Waals surface area contributed by atoms with E-state index in [1.165, 1.54) is 35.9 Å². The van der Waals surface area contributed by atoms with Crippen molar-refractivity contribution in [3.63, 3.8) is 0 Å². The standard InChI is InChI=1S/C27H30N4OS/c32-27-25-16-20(17-29-11-13-30(14-12-29)22-10-15-33-18-22)23-8-4-5-9-24(23)26(25)28-19-31(27)21-6-2-1-3-7-21/h4-5,8-10,15-16,18-19,21H,1-3,6-7,11-14,17H2. The summed E-state index contributed by atoms with van der Waals surface area (Å²) in [6.07, 6.45) is 7.66. The van der Waals surface area contributed by atoms with Gasteiger partial charge in [0.1, 0.15) is 0 Å². The quantitative estimate of drug-likeness (QED) is 0.382. The van der Waals surface area contributed by atoms with E-state index in [9.17, 15) is 4.79 Å². The normalized spacial score (nSPS) is 18.4. The summed E-state index contributed by atoms with van der Waals surface area (Å²) in [5.74, 6) is 0. The Morgan fingerprint density at radius 2 is 1.73 bits per heavy atom. The van der Waals surface area contributed by atoms with E-state index in [-0.39, 0.29) is 5.56 Å². The fraction of sp³-hybridized carbons (Fsp3) is 0.407. The predicted molar refractivity (Wildman–Crippen MR) is 137 cm³/mol. The van der Waals surface area contributed by atoms with Crippen LogP contribution in [0.3, 0.4) is 0 Å². The third kappa shape index (κ3) is 3.96. The second-order valence-electron chi connectivity index (χ2n) is 9.47. The Labute approximate surface area is 198 Å². The van der Waals surface area contributed by atoms with Crippen molar-refractivity contribution >= 4 is 38.7 Å². The number of anilines is 1. The molecule has 0 spiro atoms. The van der Waals surface area contributed by atoms with Gasteiger partial charge in [0, 0.05) is 55.2 Å². The van der Waals surface area contributed by atoms with Gasteiger partial charge in [-0.2, -0.15) is 11.3 Å². The molecule has 4 aromatic rings. The van der Waals surface area contributed by atoms with E-state index in [0.717, 1.165) is 61.9 Å². The van der Waals surface area contributed by atoms with Crippen molar-refractivity contribution in [1.29, 1.82) is 0 Å². The summed E-state index contributed by atoms with van der Waals surface area (Å²) in [6, 6.07) is 13.1. The van der Waals surface area contributed by atoms with Crippen molar-refractivity contribution in [3.05, 3.63) is 69.4 Å². The van der Waals surface area contributed by atoms with Crippen LogP contribution in [-0.4, -0.2) is 40.6 Å². The molecule has 0 atom stereocenters. The van der Waals surface area contributed by atoms with Gasteiger partial charge in [-0.1, -0.05) is 43.5 Å². The van der Waals surface area contributed by atoms with Crippen LogP contribution in [0.1, 0.15) is 43.7 Å². The molecule has 0 N–H and O–H groups in total. The summed E-state index contributed by atoms with van der Waals surface area (Å²) in [5.41, 5.74) is 3.54. The van der Waals surface area contributed by atoms with E-state index >= 15 is 0 Å². The molecule has 0 bridgehead atoms. The molecule has 33 heavy (non-hydrogen) atoms. The van der Waals surface area contributed by atoms with Crippen LogP contribution in [0.15, 0.2) is 58.3 Å². The molecular formula is C27H30N4OS. The van der Waals surface area contributed by atoms with E-state index in [0.29, 0.717) is 6.04 Å². The van der Waals surface area contributed by atoms with Gasteiger partial charge in [0.15, 0.2) is 0 Å². The zero-order valence-corrected chi connectivity index (χ0v) is 19.8. The van der Waals surface area contributed by atoms with Crippen molar-refractivity contribution in [2.24, 2.45) is 0 Å². The fourth-order valence-corrected chi connectivity index (χ4v) is 6.30. The number of nitrogens with zero attached hydrogens (tertiary/aromatic N) is 4. The van der Waals surface area contributed by atoms with Crippen LogP contribution in [0, 0.1) is 0 Å². The fourth-order valence-electron chi connectivity index (χ4n) is 5.64. The van der Waals surface area contributed by atoms with E-state index in [1.807, 2.05) is 4.57 Å². The van der Waals surface area contributed by atoms with Crippen molar-refractivity contribution in [2.45, 2.75) is 44.7 Å². The van der Waals surface area contributed by atoms with Gasteiger partial charge in [-0.3, -0.25) is 14.3 Å². The molecule has 1 saturated carbocycles. The highest BCUT2D eigenvalue weighted by Crippen LogP contribution is 2.30. The maximum atomic E-state index is 13.6. The Morgan fingerprint density at radius 3 is 2.48 bits per heavy atom. The van der Waals surface area contributed by atoms with Gasteiger partial charge >= 0.3 is 0 Å². The number of thiophene rings is 1. The van der Waals surface area contributed by atoms with Crippen molar-refractivity contribution in [3.8, 4) is 0 Å². The number of benzene rings is 2. The third-order valence-electron chi connectivity index (χ3n) is 7.48. The second-order valence-corrected chi connectivity index (χ2v) is 10.3. The molecule has 170 valence electrons. The first kappa shape index (κ1) is 20.9. The molecule has 6 heteroatoms. The number of fused-ring (bicyclic) bond motifs is 3. The minimum absolute atomic E-state index is 0.126. The molecule has 2 fully saturated rings. The molecule has 1 saturated heterocycles. The predicted octanol–water partition coefficient (Wildman–Crippen LogP) is 5.44. The van der Waals surface area contributed by atoms with Crippen LogP contribution in [0.2, 0.25) is 0 Å². The summed E-state index contributed by atoms with van der Waals surface area (Å²) in [7, 11) is 0. The Bertz CT molecular complexity index is 1320. The van der Waals surface area contributed by atoms with E-state index < -0.39 is 0 Å². The van der Waals surface area contributed by atoms with Crippen molar-refractivity contribution in [1.82, 2.24) is 14.5 Å². The van der Waals surface area contributed by atoms with E-state index in [4.69, 9.17) is 4.98 Å². The molecule has 6 rings (SSSR count). The lowest BCUT2D eigenvalue weighted by atomic mass is 9.95. The average Bonchev–Trinajstić information content (AvgIpc) is 3.41. The largest absolute Gasteiger partial charge is 0.368 e. The number of hydrogen-bond acceptors (Lipinski definition) is 5. The maximum absolute atomic E-state index is 13.6. The maximum Gasteiger partial charge on any atom is 0.261 e. The highest BCUT2D eigenvalue weighted by atomic mass is 32.1. The number of rotatable bonds is 4. The van der Waals surface area contributed by atoms with Crippen LogP contribution >= 0.6 is 11.3 Å². The monoisotopic (exact) mass is 458 g/mol. The lowest BCUT2D eigenvalue weighted by Gasteiger charge is -2.35. The molecule has 0 unspecified atom stereocenters. The second kappa shape index (κ2) is 8.92. The highest BCUT2D eigenvalue weighted by molar-refractivity contribution is 7.08. The van der Waals surface area contributed by atoms with Gasteiger partial charge in [-0.15, -0.1) is 0 Å². The Balaban J connectivity index is 1.34. The van der Waals surface area contributed by atoms with Gasteiger partial charge in [0.05, 0.1) is 17.2 Å². The summed E-state index contributed by atoms with van der Waals surface area (Å²) in [4.78, 5) is 23.4. The third-order valence-corrected chi connectivity index (χ3v) is 8.15. The molecular weight excluding hydrogens is 428 g/mol. The van der Waals surface area contributed by atoms with Gasteiger partial charge in [0.25, 0.3) is 5.56 Å². The van der Waals surface area contributed by atoms with Crippen LogP contribution in [0.5, 0.6) is 0 Å². The SMILES string of the molecule is O=c1c2cc(CN3CCN(c4ccsc4)CC3)c3ccccc3c2ncn1C1CCCCC1. The Kier molecular flexibility index (Phi) is 5.64. The lowest BCUT2D eigenvalue weighted by Crippen LogP contribution is -2.45. The molecule has 2 aliphatic rings. The number of aromatic nitrogens is 2. The molecule has 2 aromatic carbocycles. The van der Waals surface area contributed by atoms with E-state index in [1.54, 1.807) is 17.7 Å². The summed E-state index contributed by atoms with van der Waals surface area (Å²) >= 11 is 1.76. The topological polar surface area (TPSA) is 41.4 Å². The highest BCUT2D eigenvalue weighted by Gasteiger charge is 2.21. The molecule has 5 nitrogen and oxygen atoms in total. The Morgan fingerprint density at radius 1 is 0.939 bits per heavy atom. The molecule has 3 heterocycles. The first-order valence-corrected chi connectivity index (χ1v) is 13.1. The van der Waals surface area contributed by atoms with Gasteiger partial charge in [-0.25, -0.2) is 4.98 Å². The van der Waals surface area contributed by atoms with E-state index in [2.05, 4.69) is 57.0 Å². The molecule has 1 aliphatic heterocycles. The minimum Gasteiger partial charge on any atom is -0.368 e. The van der Waals surface area contributed by atoms with Crippen LogP contribution in [0.4, 0.5) is 5.69 Å². The summed E-state index contributed by atoms with van der Waals surface area (Å²) in [5, 5.41) is 7.46. The first-order valence-electron chi connectivity index (χ1n) is 12.2. The zero-order chi connectivity index (χ0) is 22.2. The van der Waals surface area contributed by atoms with Crippen LogP contribution in [0.25, 0.3) is 21.7 Å². The average molecular weight is 459 g/mol. The molecule has 2 aromatic heterocycles. The summed E-state index contributed by atoms with van der Waals surface area (Å²) in [6.45, 7) is 5.01. The van der Waals surface area contributed by atoms with Gasteiger partial charge < -0.3 is 4.90 Å². The zero-order valence-electron chi connectivity index (χ0n) is 18.9. The van der Waals surface area contributed by atoms with Crippen LogP contribution < -0.4 is 10.5 Å².